The van der Waals surface area contributed by atoms with Gasteiger partial charge in [-0.3, -0.25) is 4.79 Å². The van der Waals surface area contributed by atoms with E-state index >= 15 is 0 Å². The smallest absolute Gasteiger partial charge is 0.320 e. The summed E-state index contributed by atoms with van der Waals surface area (Å²) in [7, 11) is 0. The summed E-state index contributed by atoms with van der Waals surface area (Å²) in [6.07, 6.45) is 3.24. The fraction of sp³-hybridized carbons (Fsp3) is 0.556. The molecule has 24 heavy (non-hydrogen) atoms. The first-order valence-electron chi connectivity index (χ1n) is 8.61. The Labute approximate surface area is 142 Å². The summed E-state index contributed by atoms with van der Waals surface area (Å²) < 4.78 is 0. The molecule has 0 radical (unpaired) electrons. The zero-order valence-corrected chi connectivity index (χ0v) is 13.8. The van der Waals surface area contributed by atoms with Crippen molar-refractivity contribution in [3.8, 4) is 0 Å². The molecule has 0 unspecified atom stereocenters. The SMILES string of the molecule is O=C(O)[C@H]1CC2(CCN(C(=O)NCCc3ccccc3)CC2)CN1. The highest BCUT2D eigenvalue weighted by Gasteiger charge is 2.44. The van der Waals surface area contributed by atoms with Crippen LogP contribution in [-0.4, -0.2) is 54.2 Å². The highest BCUT2D eigenvalue weighted by molar-refractivity contribution is 5.75. The molecule has 3 rings (SSSR count). The van der Waals surface area contributed by atoms with Gasteiger partial charge in [0, 0.05) is 26.2 Å². The molecule has 0 saturated carbocycles. The van der Waals surface area contributed by atoms with Crippen LogP contribution in [0.25, 0.3) is 0 Å². The Balaban J connectivity index is 1.41. The van der Waals surface area contributed by atoms with E-state index in [0.717, 1.165) is 25.8 Å². The quantitative estimate of drug-likeness (QED) is 0.780. The minimum absolute atomic E-state index is 0.0125. The maximum Gasteiger partial charge on any atom is 0.320 e. The normalized spacial score (nSPS) is 22.5. The molecule has 1 spiro atoms. The van der Waals surface area contributed by atoms with Gasteiger partial charge in [0.05, 0.1) is 0 Å². The summed E-state index contributed by atoms with van der Waals surface area (Å²) in [5, 5.41) is 15.2. The van der Waals surface area contributed by atoms with Crippen molar-refractivity contribution in [3.63, 3.8) is 0 Å². The first-order valence-corrected chi connectivity index (χ1v) is 8.61. The Bertz CT molecular complexity index is 582. The lowest BCUT2D eigenvalue weighted by Gasteiger charge is -2.38. The van der Waals surface area contributed by atoms with E-state index in [-0.39, 0.29) is 11.4 Å². The van der Waals surface area contributed by atoms with Gasteiger partial charge in [-0.1, -0.05) is 30.3 Å². The minimum Gasteiger partial charge on any atom is -0.480 e. The molecule has 2 amide bonds. The predicted molar refractivity (Wildman–Crippen MR) is 90.8 cm³/mol. The van der Waals surface area contributed by atoms with Crippen LogP contribution in [0.5, 0.6) is 0 Å². The fourth-order valence-electron chi connectivity index (χ4n) is 3.73. The van der Waals surface area contributed by atoms with Gasteiger partial charge in [-0.15, -0.1) is 0 Å². The van der Waals surface area contributed by atoms with Gasteiger partial charge in [-0.05, 0) is 36.7 Å². The molecule has 2 aliphatic heterocycles. The van der Waals surface area contributed by atoms with Crippen molar-refractivity contribution in [1.82, 2.24) is 15.5 Å². The molecular weight excluding hydrogens is 306 g/mol. The van der Waals surface area contributed by atoms with Gasteiger partial charge in [0.25, 0.3) is 0 Å². The molecule has 2 aliphatic rings. The number of carboxylic acids is 1. The van der Waals surface area contributed by atoms with Crippen molar-refractivity contribution in [2.24, 2.45) is 5.41 Å². The molecule has 2 fully saturated rings. The summed E-state index contributed by atoms with van der Waals surface area (Å²) in [6.45, 7) is 2.77. The summed E-state index contributed by atoms with van der Waals surface area (Å²) >= 11 is 0. The van der Waals surface area contributed by atoms with Gasteiger partial charge < -0.3 is 20.6 Å². The van der Waals surface area contributed by atoms with Crippen molar-refractivity contribution in [2.75, 3.05) is 26.2 Å². The zero-order valence-electron chi connectivity index (χ0n) is 13.8. The first-order chi connectivity index (χ1) is 11.6. The second-order valence-corrected chi connectivity index (χ2v) is 6.93. The van der Waals surface area contributed by atoms with E-state index in [0.29, 0.717) is 26.1 Å². The third-order valence-corrected chi connectivity index (χ3v) is 5.30. The number of hydrogen-bond acceptors (Lipinski definition) is 3. The summed E-state index contributed by atoms with van der Waals surface area (Å²) in [4.78, 5) is 25.2. The van der Waals surface area contributed by atoms with Gasteiger partial charge >= 0.3 is 12.0 Å². The number of carboxylic acid groups (broad SMARTS) is 1. The van der Waals surface area contributed by atoms with Crippen LogP contribution in [0.1, 0.15) is 24.8 Å². The molecule has 1 aromatic carbocycles. The van der Waals surface area contributed by atoms with Gasteiger partial charge in [-0.2, -0.15) is 0 Å². The summed E-state index contributed by atoms with van der Waals surface area (Å²) in [5.74, 6) is -0.770. The molecule has 6 heteroatoms. The molecule has 2 saturated heterocycles. The predicted octanol–water partition coefficient (Wildman–Crippen LogP) is 1.47. The average molecular weight is 331 g/mol. The maximum atomic E-state index is 12.3. The van der Waals surface area contributed by atoms with E-state index in [4.69, 9.17) is 5.11 Å². The largest absolute Gasteiger partial charge is 0.480 e. The van der Waals surface area contributed by atoms with Crippen molar-refractivity contribution >= 4 is 12.0 Å². The number of likely N-dealkylation sites (tertiary alicyclic amines) is 1. The third-order valence-electron chi connectivity index (χ3n) is 5.30. The molecule has 3 N–H and O–H groups in total. The van der Waals surface area contributed by atoms with Crippen molar-refractivity contribution in [3.05, 3.63) is 35.9 Å². The van der Waals surface area contributed by atoms with E-state index in [1.807, 2.05) is 23.1 Å². The number of benzene rings is 1. The van der Waals surface area contributed by atoms with Crippen molar-refractivity contribution < 1.29 is 14.7 Å². The summed E-state index contributed by atoms with van der Waals surface area (Å²) in [5.41, 5.74) is 1.26. The molecule has 2 heterocycles. The lowest BCUT2D eigenvalue weighted by Crippen LogP contribution is -2.48. The second-order valence-electron chi connectivity index (χ2n) is 6.93. The molecule has 0 bridgehead atoms. The van der Waals surface area contributed by atoms with Crippen LogP contribution in [0.15, 0.2) is 30.3 Å². The van der Waals surface area contributed by atoms with Crippen LogP contribution in [-0.2, 0) is 11.2 Å². The third kappa shape index (κ3) is 3.87. The van der Waals surface area contributed by atoms with Crippen LogP contribution in [0.3, 0.4) is 0 Å². The Hall–Kier alpha value is -2.08. The number of hydrogen-bond donors (Lipinski definition) is 3. The Kier molecular flexibility index (Phi) is 5.04. The molecular formula is C18H25N3O3. The number of carbonyl (C=O) groups is 2. The van der Waals surface area contributed by atoms with Crippen LogP contribution in [0.2, 0.25) is 0 Å². The topological polar surface area (TPSA) is 81.7 Å². The van der Waals surface area contributed by atoms with Gasteiger partial charge in [-0.25, -0.2) is 4.79 Å². The second kappa shape index (κ2) is 7.21. The van der Waals surface area contributed by atoms with E-state index in [1.54, 1.807) is 0 Å². The lowest BCUT2D eigenvalue weighted by molar-refractivity contribution is -0.139. The van der Waals surface area contributed by atoms with E-state index in [2.05, 4.69) is 22.8 Å². The fourth-order valence-corrected chi connectivity index (χ4v) is 3.73. The Morgan fingerprint density at radius 1 is 1.25 bits per heavy atom. The number of piperidine rings is 1. The molecule has 0 aliphatic carbocycles. The Morgan fingerprint density at radius 3 is 2.58 bits per heavy atom. The van der Waals surface area contributed by atoms with Gasteiger partial charge in [0.15, 0.2) is 0 Å². The monoisotopic (exact) mass is 331 g/mol. The van der Waals surface area contributed by atoms with E-state index < -0.39 is 12.0 Å². The minimum atomic E-state index is -0.770. The molecule has 130 valence electrons. The number of nitrogens with one attached hydrogen (secondary N) is 2. The number of urea groups is 1. The van der Waals surface area contributed by atoms with Crippen LogP contribution >= 0.6 is 0 Å². The number of rotatable bonds is 4. The molecule has 1 aromatic rings. The average Bonchev–Trinajstić information content (AvgIpc) is 3.00. The molecule has 1 atom stereocenters. The van der Waals surface area contributed by atoms with Crippen molar-refractivity contribution in [2.45, 2.75) is 31.7 Å². The van der Waals surface area contributed by atoms with Crippen LogP contribution in [0.4, 0.5) is 4.79 Å². The number of nitrogens with zero attached hydrogens (tertiary/aromatic N) is 1. The van der Waals surface area contributed by atoms with E-state index in [1.165, 1.54) is 5.56 Å². The van der Waals surface area contributed by atoms with E-state index in [9.17, 15) is 9.59 Å². The molecule has 6 nitrogen and oxygen atoms in total. The maximum absolute atomic E-state index is 12.3. The van der Waals surface area contributed by atoms with Crippen LogP contribution < -0.4 is 10.6 Å². The highest BCUT2D eigenvalue weighted by Crippen LogP contribution is 2.39. The van der Waals surface area contributed by atoms with Gasteiger partial charge in [0.2, 0.25) is 0 Å². The lowest BCUT2D eigenvalue weighted by atomic mass is 9.76. The van der Waals surface area contributed by atoms with Crippen LogP contribution in [0, 0.1) is 5.41 Å². The molecule has 0 aromatic heterocycles. The van der Waals surface area contributed by atoms with Gasteiger partial charge in [0.1, 0.15) is 6.04 Å². The highest BCUT2D eigenvalue weighted by atomic mass is 16.4. The number of carbonyl (C=O) groups excluding carboxylic acids is 1. The van der Waals surface area contributed by atoms with Crippen molar-refractivity contribution in [1.29, 1.82) is 0 Å². The first kappa shape index (κ1) is 16.8. The standard InChI is InChI=1S/C18H25N3O3/c22-16(23)15-12-18(13-20-15)7-10-21(11-8-18)17(24)19-9-6-14-4-2-1-3-5-14/h1-5,15,20H,6-13H2,(H,19,24)(H,22,23)/t15-/m1/s1. The summed E-state index contributed by atoms with van der Waals surface area (Å²) in [6, 6.07) is 9.66. The zero-order chi connectivity index (χ0) is 17.0. The number of amides is 2. The Morgan fingerprint density at radius 2 is 1.96 bits per heavy atom. The number of aliphatic carboxylic acids is 1.